The lowest BCUT2D eigenvalue weighted by molar-refractivity contribution is -0.134. The Balaban J connectivity index is 1.52. The Bertz CT molecular complexity index is 893. The van der Waals surface area contributed by atoms with Gasteiger partial charge in [0.25, 0.3) is 11.8 Å². The fourth-order valence-corrected chi connectivity index (χ4v) is 3.03. The van der Waals surface area contributed by atoms with E-state index in [1.54, 1.807) is 4.90 Å². The summed E-state index contributed by atoms with van der Waals surface area (Å²) in [5.74, 6) is -1.65. The van der Waals surface area contributed by atoms with Gasteiger partial charge in [-0.15, -0.1) is 0 Å². The second-order valence-electron chi connectivity index (χ2n) is 6.83. The van der Waals surface area contributed by atoms with Gasteiger partial charge in [-0.25, -0.2) is 8.78 Å². The number of piperazine rings is 1. The number of benzene rings is 2. The molecule has 148 valence electrons. The van der Waals surface area contributed by atoms with Crippen LogP contribution in [0.1, 0.15) is 21.5 Å². The lowest BCUT2D eigenvalue weighted by Crippen LogP contribution is -2.51. The predicted octanol–water partition coefficient (Wildman–Crippen LogP) is 2.95. The topological polar surface area (TPSA) is 49.9 Å². The zero-order chi connectivity index (χ0) is 20.3. The molecule has 0 radical (unpaired) electrons. The number of nitrogens with zero attached hydrogens (tertiary/aromatic N) is 2. The van der Waals surface area contributed by atoms with Crippen molar-refractivity contribution in [1.29, 1.82) is 0 Å². The van der Waals surface area contributed by atoms with E-state index in [0.717, 1.165) is 23.3 Å². The molecule has 0 spiro atoms. The lowest BCUT2D eigenvalue weighted by atomic mass is 10.1. The van der Waals surface area contributed by atoms with Crippen LogP contribution in [0.2, 0.25) is 0 Å². The molecule has 28 heavy (non-hydrogen) atoms. The molecule has 3 rings (SSSR count). The Morgan fingerprint density at radius 3 is 2.25 bits per heavy atom. The second kappa shape index (κ2) is 8.37. The minimum Gasteiger partial charge on any atom is -0.484 e. The number of hydrogen-bond donors (Lipinski definition) is 0. The maximum absolute atomic E-state index is 13.8. The van der Waals surface area contributed by atoms with E-state index in [1.807, 2.05) is 32.0 Å². The molecule has 0 atom stereocenters. The van der Waals surface area contributed by atoms with Crippen LogP contribution in [0, 0.1) is 25.5 Å². The molecule has 5 nitrogen and oxygen atoms in total. The summed E-state index contributed by atoms with van der Waals surface area (Å²) in [5.41, 5.74) is 2.07. The van der Waals surface area contributed by atoms with E-state index >= 15 is 0 Å². The summed E-state index contributed by atoms with van der Waals surface area (Å²) in [6, 6.07) is 8.54. The molecule has 0 N–H and O–H groups in total. The van der Waals surface area contributed by atoms with E-state index in [-0.39, 0.29) is 31.2 Å². The van der Waals surface area contributed by atoms with Gasteiger partial charge in [0.1, 0.15) is 17.4 Å². The van der Waals surface area contributed by atoms with Gasteiger partial charge >= 0.3 is 0 Å². The van der Waals surface area contributed by atoms with Crippen LogP contribution < -0.4 is 4.74 Å². The molecule has 1 saturated heterocycles. The van der Waals surface area contributed by atoms with Crippen molar-refractivity contribution < 1.29 is 23.1 Å². The third-order valence-electron chi connectivity index (χ3n) is 4.92. The van der Waals surface area contributed by atoms with Crippen LogP contribution in [-0.4, -0.2) is 54.4 Å². The molecule has 1 fully saturated rings. The van der Waals surface area contributed by atoms with Gasteiger partial charge in [-0.2, -0.15) is 0 Å². The zero-order valence-corrected chi connectivity index (χ0v) is 15.9. The van der Waals surface area contributed by atoms with E-state index in [1.165, 1.54) is 4.90 Å². The standard InChI is InChI=1S/C21H22F2N2O3/c1-14-3-5-17(11-15(14)2)28-13-20(26)24-7-9-25(10-8-24)21(27)18-6-4-16(22)12-19(18)23/h3-6,11-12H,7-10,13H2,1-2H3. The minimum atomic E-state index is -0.884. The highest BCUT2D eigenvalue weighted by molar-refractivity contribution is 5.94. The summed E-state index contributed by atoms with van der Waals surface area (Å²) < 4.78 is 32.4. The van der Waals surface area contributed by atoms with E-state index < -0.39 is 17.5 Å². The molecule has 0 aromatic heterocycles. The number of carbonyl (C=O) groups excluding carboxylic acids is 2. The second-order valence-corrected chi connectivity index (χ2v) is 6.83. The van der Waals surface area contributed by atoms with E-state index in [2.05, 4.69) is 0 Å². The van der Waals surface area contributed by atoms with Gasteiger partial charge in [-0.1, -0.05) is 6.07 Å². The highest BCUT2D eigenvalue weighted by Gasteiger charge is 2.26. The summed E-state index contributed by atoms with van der Waals surface area (Å²) in [5, 5.41) is 0. The summed E-state index contributed by atoms with van der Waals surface area (Å²) in [7, 11) is 0. The van der Waals surface area contributed by atoms with Crippen molar-refractivity contribution >= 4 is 11.8 Å². The molecule has 1 heterocycles. The SMILES string of the molecule is Cc1ccc(OCC(=O)N2CCN(C(=O)c3ccc(F)cc3F)CC2)cc1C. The molecule has 2 aromatic carbocycles. The largest absolute Gasteiger partial charge is 0.484 e. The quantitative estimate of drug-likeness (QED) is 0.809. The molecular formula is C21H22F2N2O3. The maximum Gasteiger partial charge on any atom is 0.260 e. The number of amides is 2. The highest BCUT2D eigenvalue weighted by atomic mass is 19.1. The minimum absolute atomic E-state index is 0.0803. The fraction of sp³-hybridized carbons (Fsp3) is 0.333. The van der Waals surface area contributed by atoms with Crippen molar-refractivity contribution in [1.82, 2.24) is 9.80 Å². The molecule has 0 saturated carbocycles. The van der Waals surface area contributed by atoms with Crippen molar-refractivity contribution in [2.75, 3.05) is 32.8 Å². The Morgan fingerprint density at radius 2 is 1.61 bits per heavy atom. The van der Waals surface area contributed by atoms with Crippen LogP contribution in [0.3, 0.4) is 0 Å². The Hall–Kier alpha value is -2.96. The first-order valence-electron chi connectivity index (χ1n) is 9.07. The number of carbonyl (C=O) groups is 2. The Kier molecular flexibility index (Phi) is 5.92. The van der Waals surface area contributed by atoms with Crippen LogP contribution in [0.4, 0.5) is 8.78 Å². The molecule has 0 bridgehead atoms. The van der Waals surface area contributed by atoms with E-state index in [4.69, 9.17) is 4.74 Å². The molecular weight excluding hydrogens is 366 g/mol. The van der Waals surface area contributed by atoms with Crippen molar-refractivity contribution in [3.8, 4) is 5.75 Å². The van der Waals surface area contributed by atoms with Crippen molar-refractivity contribution in [2.45, 2.75) is 13.8 Å². The molecule has 7 heteroatoms. The monoisotopic (exact) mass is 388 g/mol. The number of halogens is 2. The highest BCUT2D eigenvalue weighted by Crippen LogP contribution is 2.17. The normalized spacial score (nSPS) is 14.1. The zero-order valence-electron chi connectivity index (χ0n) is 15.9. The molecule has 1 aliphatic rings. The Morgan fingerprint density at radius 1 is 0.929 bits per heavy atom. The average Bonchev–Trinajstić information content (AvgIpc) is 2.68. The Labute approximate surface area is 162 Å². The number of ether oxygens (including phenoxy) is 1. The number of hydrogen-bond acceptors (Lipinski definition) is 3. The van der Waals surface area contributed by atoms with Crippen LogP contribution in [0.25, 0.3) is 0 Å². The van der Waals surface area contributed by atoms with Crippen molar-refractivity contribution in [3.63, 3.8) is 0 Å². The molecule has 0 unspecified atom stereocenters. The van der Waals surface area contributed by atoms with Crippen LogP contribution >= 0.6 is 0 Å². The summed E-state index contributed by atoms with van der Waals surface area (Å²) >= 11 is 0. The summed E-state index contributed by atoms with van der Waals surface area (Å²) in [6.07, 6.45) is 0. The van der Waals surface area contributed by atoms with Gasteiger partial charge in [0.15, 0.2) is 6.61 Å². The van der Waals surface area contributed by atoms with E-state index in [0.29, 0.717) is 24.9 Å². The fourth-order valence-electron chi connectivity index (χ4n) is 3.03. The van der Waals surface area contributed by atoms with Gasteiger partial charge in [0.2, 0.25) is 0 Å². The molecule has 2 aromatic rings. The first kappa shape index (κ1) is 19.8. The summed E-state index contributed by atoms with van der Waals surface area (Å²) in [6.45, 7) is 5.14. The van der Waals surface area contributed by atoms with Crippen molar-refractivity contribution in [2.24, 2.45) is 0 Å². The average molecular weight is 388 g/mol. The third-order valence-corrected chi connectivity index (χ3v) is 4.92. The molecule has 0 aliphatic carbocycles. The van der Waals surface area contributed by atoms with Gasteiger partial charge in [0.05, 0.1) is 5.56 Å². The maximum atomic E-state index is 13.8. The lowest BCUT2D eigenvalue weighted by Gasteiger charge is -2.34. The van der Waals surface area contributed by atoms with Crippen molar-refractivity contribution in [3.05, 3.63) is 64.7 Å². The van der Waals surface area contributed by atoms with Gasteiger partial charge < -0.3 is 14.5 Å². The van der Waals surface area contributed by atoms with Gasteiger partial charge in [-0.05, 0) is 49.2 Å². The summed E-state index contributed by atoms with van der Waals surface area (Å²) in [4.78, 5) is 27.9. The first-order chi connectivity index (χ1) is 13.3. The number of aryl methyl sites for hydroxylation is 2. The molecule has 2 amide bonds. The van der Waals surface area contributed by atoms with E-state index in [9.17, 15) is 18.4 Å². The smallest absolute Gasteiger partial charge is 0.260 e. The van der Waals surface area contributed by atoms with Gasteiger partial charge in [-0.3, -0.25) is 9.59 Å². The first-order valence-corrected chi connectivity index (χ1v) is 9.07. The van der Waals surface area contributed by atoms with Gasteiger partial charge in [0, 0.05) is 32.2 Å². The third kappa shape index (κ3) is 4.47. The van der Waals surface area contributed by atoms with Crippen LogP contribution in [-0.2, 0) is 4.79 Å². The predicted molar refractivity (Wildman–Crippen MR) is 100 cm³/mol. The van der Waals surface area contributed by atoms with Crippen LogP contribution in [0.15, 0.2) is 36.4 Å². The van der Waals surface area contributed by atoms with Crippen LogP contribution in [0.5, 0.6) is 5.75 Å². The number of rotatable bonds is 4. The molecule has 1 aliphatic heterocycles.